The van der Waals surface area contributed by atoms with E-state index < -0.39 is 5.91 Å². The van der Waals surface area contributed by atoms with Crippen LogP contribution in [-0.4, -0.2) is 10.9 Å². The maximum absolute atomic E-state index is 10.8. The van der Waals surface area contributed by atoms with Gasteiger partial charge in [-0.15, -0.1) is 0 Å². The Balaban J connectivity index is 1.97. The van der Waals surface area contributed by atoms with Gasteiger partial charge in [0.25, 0.3) is 5.91 Å². The molecule has 0 fully saturated rings. The van der Waals surface area contributed by atoms with E-state index in [9.17, 15) is 4.79 Å². The number of aromatic nitrogens is 1. The average molecular weight is 234 g/mol. The van der Waals surface area contributed by atoms with Crippen LogP contribution < -0.4 is 5.73 Å². The first-order valence-corrected chi connectivity index (χ1v) is 5.66. The number of thioether (sulfide) groups is 1. The third-order valence-electron chi connectivity index (χ3n) is 1.90. The fourth-order valence-corrected chi connectivity index (χ4v) is 1.92. The Kier molecular flexibility index (Phi) is 3.26. The number of hydrogen-bond donors (Lipinski definition) is 1. The van der Waals surface area contributed by atoms with Gasteiger partial charge in [-0.1, -0.05) is 17.8 Å². The lowest BCUT2D eigenvalue weighted by molar-refractivity contribution is 0.0972. The summed E-state index contributed by atoms with van der Waals surface area (Å²) in [5.41, 5.74) is 5.08. The lowest BCUT2D eigenvalue weighted by Crippen LogP contribution is -2.09. The highest BCUT2D eigenvalue weighted by molar-refractivity contribution is 7.98. The van der Waals surface area contributed by atoms with E-state index in [1.807, 2.05) is 18.2 Å². The zero-order valence-electron chi connectivity index (χ0n) is 8.42. The fraction of sp³-hybridized carbons (Fsp3) is 0.0909. The van der Waals surface area contributed by atoms with Gasteiger partial charge in [0, 0.05) is 6.20 Å². The number of carbonyl (C=O) groups is 1. The van der Waals surface area contributed by atoms with E-state index in [0.29, 0.717) is 11.5 Å². The molecule has 0 aliphatic heterocycles. The number of nitrogens with two attached hydrogens (primary N) is 1. The lowest BCUT2D eigenvalue weighted by Gasteiger charge is -1.97. The molecule has 2 N–H and O–H groups in total. The third kappa shape index (κ3) is 2.64. The zero-order valence-corrected chi connectivity index (χ0v) is 9.24. The van der Waals surface area contributed by atoms with Crippen molar-refractivity contribution in [2.45, 2.75) is 10.8 Å². The molecule has 0 saturated heterocycles. The summed E-state index contributed by atoms with van der Waals surface area (Å²) >= 11 is 1.54. The van der Waals surface area contributed by atoms with Crippen molar-refractivity contribution in [1.82, 2.24) is 4.98 Å². The Bertz CT molecular complexity index is 482. The van der Waals surface area contributed by atoms with Gasteiger partial charge in [0.2, 0.25) is 0 Å². The first kappa shape index (κ1) is 10.8. The maximum Gasteiger partial charge on any atom is 0.284 e. The first-order valence-electron chi connectivity index (χ1n) is 4.68. The van der Waals surface area contributed by atoms with Gasteiger partial charge in [0.15, 0.2) is 5.76 Å². The molecule has 0 radical (unpaired) electrons. The van der Waals surface area contributed by atoms with Gasteiger partial charge in [0.05, 0.1) is 10.8 Å². The highest BCUT2D eigenvalue weighted by Gasteiger charge is 2.07. The Hall–Kier alpha value is -1.75. The van der Waals surface area contributed by atoms with E-state index in [0.717, 1.165) is 5.03 Å². The molecule has 0 saturated carbocycles. The monoisotopic (exact) mass is 234 g/mol. The molecule has 4 nitrogen and oxygen atoms in total. The van der Waals surface area contributed by atoms with Crippen molar-refractivity contribution in [3.05, 3.63) is 48.0 Å². The van der Waals surface area contributed by atoms with Crippen LogP contribution in [0, 0.1) is 0 Å². The van der Waals surface area contributed by atoms with Crippen LogP contribution in [0.5, 0.6) is 0 Å². The molecule has 1 amide bonds. The summed E-state index contributed by atoms with van der Waals surface area (Å²) in [5.74, 6) is 0.986. The van der Waals surface area contributed by atoms with Gasteiger partial charge < -0.3 is 10.2 Å². The van der Waals surface area contributed by atoms with Crippen LogP contribution in [0.3, 0.4) is 0 Å². The number of amides is 1. The molecule has 0 aliphatic carbocycles. The number of primary amides is 1. The molecule has 2 rings (SSSR count). The second-order valence-corrected chi connectivity index (χ2v) is 4.08. The average Bonchev–Trinajstić information content (AvgIpc) is 2.76. The summed E-state index contributed by atoms with van der Waals surface area (Å²) in [6, 6.07) is 9.03. The van der Waals surface area contributed by atoms with Crippen molar-refractivity contribution in [3.63, 3.8) is 0 Å². The molecular weight excluding hydrogens is 224 g/mol. The third-order valence-corrected chi connectivity index (χ3v) is 2.87. The van der Waals surface area contributed by atoms with Crippen molar-refractivity contribution in [1.29, 1.82) is 0 Å². The van der Waals surface area contributed by atoms with Crippen LogP contribution in [0.2, 0.25) is 0 Å². The minimum absolute atomic E-state index is 0.191. The predicted molar refractivity (Wildman–Crippen MR) is 61.0 cm³/mol. The van der Waals surface area contributed by atoms with E-state index in [1.165, 1.54) is 0 Å². The number of furan rings is 1. The first-order chi connectivity index (χ1) is 7.75. The Morgan fingerprint density at radius 1 is 1.38 bits per heavy atom. The van der Waals surface area contributed by atoms with E-state index >= 15 is 0 Å². The zero-order chi connectivity index (χ0) is 11.4. The molecule has 5 heteroatoms. The smallest absolute Gasteiger partial charge is 0.284 e. The molecule has 2 heterocycles. The van der Waals surface area contributed by atoms with E-state index in [2.05, 4.69) is 4.98 Å². The quantitative estimate of drug-likeness (QED) is 0.822. The normalized spacial score (nSPS) is 10.2. The SMILES string of the molecule is NC(=O)c1ccc(CSc2ccccn2)o1. The molecule has 0 aliphatic rings. The predicted octanol–water partition coefficient (Wildman–Crippen LogP) is 2.07. The minimum atomic E-state index is -0.547. The molecule has 82 valence electrons. The number of hydrogen-bond acceptors (Lipinski definition) is 4. The molecule has 2 aromatic rings. The van der Waals surface area contributed by atoms with Crippen LogP contribution in [0.15, 0.2) is 46.0 Å². The second kappa shape index (κ2) is 4.85. The van der Waals surface area contributed by atoms with Gasteiger partial charge in [-0.05, 0) is 24.3 Å². The fourth-order valence-electron chi connectivity index (χ4n) is 1.17. The molecule has 0 unspecified atom stereocenters. The summed E-state index contributed by atoms with van der Waals surface area (Å²) in [4.78, 5) is 15.0. The Morgan fingerprint density at radius 2 is 2.25 bits per heavy atom. The Morgan fingerprint density at radius 3 is 2.88 bits per heavy atom. The van der Waals surface area contributed by atoms with Crippen molar-refractivity contribution in [2.24, 2.45) is 5.73 Å². The van der Waals surface area contributed by atoms with Crippen molar-refractivity contribution < 1.29 is 9.21 Å². The Labute approximate surface area is 96.9 Å². The van der Waals surface area contributed by atoms with Crippen LogP contribution in [0.4, 0.5) is 0 Å². The molecule has 0 aromatic carbocycles. The maximum atomic E-state index is 10.8. The van der Waals surface area contributed by atoms with E-state index in [-0.39, 0.29) is 5.76 Å². The van der Waals surface area contributed by atoms with Gasteiger partial charge in [-0.3, -0.25) is 4.79 Å². The van der Waals surface area contributed by atoms with Crippen LogP contribution in [0.25, 0.3) is 0 Å². The van der Waals surface area contributed by atoms with Crippen LogP contribution >= 0.6 is 11.8 Å². The van der Waals surface area contributed by atoms with Crippen molar-refractivity contribution >= 4 is 17.7 Å². The minimum Gasteiger partial charge on any atom is -0.455 e. The van der Waals surface area contributed by atoms with Crippen LogP contribution in [-0.2, 0) is 5.75 Å². The number of carbonyl (C=O) groups excluding carboxylic acids is 1. The largest absolute Gasteiger partial charge is 0.455 e. The van der Waals surface area contributed by atoms with Crippen molar-refractivity contribution in [2.75, 3.05) is 0 Å². The molecule has 0 bridgehead atoms. The summed E-state index contributed by atoms with van der Waals surface area (Å²) in [5, 5.41) is 0.916. The summed E-state index contributed by atoms with van der Waals surface area (Å²) < 4.78 is 5.24. The summed E-state index contributed by atoms with van der Waals surface area (Å²) in [7, 11) is 0. The van der Waals surface area contributed by atoms with Gasteiger partial charge in [-0.2, -0.15) is 0 Å². The molecule has 0 atom stereocenters. The number of rotatable bonds is 4. The molecule has 16 heavy (non-hydrogen) atoms. The summed E-state index contributed by atoms with van der Waals surface area (Å²) in [6.45, 7) is 0. The van der Waals surface area contributed by atoms with Gasteiger partial charge in [0.1, 0.15) is 5.76 Å². The molecular formula is C11H10N2O2S. The number of nitrogens with zero attached hydrogens (tertiary/aromatic N) is 1. The van der Waals surface area contributed by atoms with E-state index in [1.54, 1.807) is 30.1 Å². The van der Waals surface area contributed by atoms with Gasteiger partial charge in [-0.25, -0.2) is 4.98 Å². The standard InChI is InChI=1S/C11H10N2O2S/c12-11(14)9-5-4-8(15-9)7-16-10-3-1-2-6-13-10/h1-6H,7H2,(H2,12,14). The van der Waals surface area contributed by atoms with Crippen molar-refractivity contribution in [3.8, 4) is 0 Å². The molecule has 2 aromatic heterocycles. The van der Waals surface area contributed by atoms with Gasteiger partial charge >= 0.3 is 0 Å². The lowest BCUT2D eigenvalue weighted by atomic mass is 10.4. The molecule has 0 spiro atoms. The highest BCUT2D eigenvalue weighted by atomic mass is 32.2. The second-order valence-electron chi connectivity index (χ2n) is 3.09. The van der Waals surface area contributed by atoms with Crippen LogP contribution in [0.1, 0.15) is 16.3 Å². The summed E-state index contributed by atoms with van der Waals surface area (Å²) in [6.07, 6.45) is 1.74. The topological polar surface area (TPSA) is 69.1 Å². The number of pyridine rings is 1. The highest BCUT2D eigenvalue weighted by Crippen LogP contribution is 2.21. The van der Waals surface area contributed by atoms with E-state index in [4.69, 9.17) is 10.2 Å².